The van der Waals surface area contributed by atoms with Crippen LogP contribution in [-0.4, -0.2) is 30.8 Å². The van der Waals surface area contributed by atoms with Gasteiger partial charge in [-0.2, -0.15) is 0 Å². The maximum atomic E-state index is 10.4. The van der Waals surface area contributed by atoms with Gasteiger partial charge < -0.3 is 10.4 Å². The molecule has 0 aliphatic heterocycles. The van der Waals surface area contributed by atoms with Gasteiger partial charge in [-0.15, -0.1) is 0 Å². The molecule has 9 heavy (non-hydrogen) atoms. The summed E-state index contributed by atoms with van der Waals surface area (Å²) < 4.78 is 0. The predicted molar refractivity (Wildman–Crippen MR) is 30.3 cm³/mol. The van der Waals surface area contributed by atoms with Crippen molar-refractivity contribution in [2.75, 3.05) is 19.8 Å². The van der Waals surface area contributed by atoms with Crippen molar-refractivity contribution in [3.8, 4) is 0 Å². The summed E-state index contributed by atoms with van der Waals surface area (Å²) in [4.78, 5) is 10.4. The highest BCUT2D eigenvalue weighted by Gasteiger charge is 1.96. The lowest BCUT2D eigenvalue weighted by Gasteiger charge is -1.98. The summed E-state index contributed by atoms with van der Waals surface area (Å²) in [5.74, 6) is -0.293. The zero-order valence-electron chi connectivity index (χ0n) is 5.09. The van der Waals surface area contributed by atoms with Gasteiger partial charge in [-0.1, -0.05) is 0 Å². The molecule has 0 heterocycles. The van der Waals surface area contributed by atoms with E-state index in [2.05, 4.69) is 5.32 Å². The van der Waals surface area contributed by atoms with Gasteiger partial charge in [0.1, 0.15) is 0 Å². The van der Waals surface area contributed by atoms with E-state index in [0.717, 1.165) is 0 Å². The molecule has 0 aliphatic carbocycles. The van der Waals surface area contributed by atoms with Gasteiger partial charge in [0.15, 0.2) is 0 Å². The molecule has 4 heteroatoms. The van der Waals surface area contributed by atoms with Crippen molar-refractivity contribution in [1.29, 1.82) is 0 Å². The minimum atomic E-state index is -0.392. The zero-order valence-corrected chi connectivity index (χ0v) is 5.09. The Morgan fingerprint density at radius 3 is 2.67 bits per heavy atom. The number of rotatable bonds is 4. The Labute approximate surface area is 53.5 Å². The smallest absolute Gasteiger partial charge is 0.222 e. The number of nitrogens with one attached hydrogen (secondary N) is 1. The van der Waals surface area contributed by atoms with Gasteiger partial charge in [-0.25, -0.2) is 5.11 Å². The van der Waals surface area contributed by atoms with Gasteiger partial charge in [0.05, 0.1) is 19.6 Å². The second-order valence-electron chi connectivity index (χ2n) is 1.53. The monoisotopic (exact) mass is 132 g/mol. The Balaban J connectivity index is 3.06. The van der Waals surface area contributed by atoms with Crippen LogP contribution in [0, 0.1) is 0 Å². The number of aliphatic hydroxyl groups excluding tert-OH is 1. The third kappa shape index (κ3) is 5.26. The minimum Gasteiger partial charge on any atom is -0.395 e. The highest BCUT2D eigenvalue weighted by molar-refractivity contribution is 5.75. The molecule has 1 amide bonds. The topological polar surface area (TPSA) is 69.2 Å². The predicted octanol–water partition coefficient (Wildman–Crippen LogP) is -1.08. The molecule has 53 valence electrons. The van der Waals surface area contributed by atoms with Crippen LogP contribution in [0.1, 0.15) is 6.42 Å². The van der Waals surface area contributed by atoms with Crippen molar-refractivity contribution < 1.29 is 15.0 Å². The molecule has 0 bridgehead atoms. The van der Waals surface area contributed by atoms with Gasteiger partial charge >= 0.3 is 0 Å². The van der Waals surface area contributed by atoms with Crippen LogP contribution in [-0.2, 0) is 9.90 Å². The number of aliphatic hydroxyl groups is 1. The van der Waals surface area contributed by atoms with Gasteiger partial charge in [0.2, 0.25) is 5.91 Å². The summed E-state index contributed by atoms with van der Waals surface area (Å²) in [5.41, 5.74) is 0. The van der Waals surface area contributed by atoms with Crippen LogP contribution >= 0.6 is 0 Å². The van der Waals surface area contributed by atoms with Crippen molar-refractivity contribution in [3.63, 3.8) is 0 Å². The highest BCUT2D eigenvalue weighted by atomic mass is 16.3. The summed E-state index contributed by atoms with van der Waals surface area (Å²) in [7, 11) is 0. The van der Waals surface area contributed by atoms with Crippen LogP contribution in [0.15, 0.2) is 0 Å². The zero-order chi connectivity index (χ0) is 7.11. The van der Waals surface area contributed by atoms with Crippen molar-refractivity contribution in [1.82, 2.24) is 5.32 Å². The van der Waals surface area contributed by atoms with E-state index in [1.807, 2.05) is 0 Å². The Morgan fingerprint density at radius 2 is 2.22 bits per heavy atom. The molecule has 4 nitrogen and oxygen atoms in total. The van der Waals surface area contributed by atoms with Crippen molar-refractivity contribution >= 4 is 5.91 Å². The molecule has 0 saturated carbocycles. The highest BCUT2D eigenvalue weighted by Crippen LogP contribution is 1.74. The van der Waals surface area contributed by atoms with Crippen LogP contribution in [0.4, 0.5) is 0 Å². The van der Waals surface area contributed by atoms with E-state index in [-0.39, 0.29) is 25.5 Å². The lowest BCUT2D eigenvalue weighted by Crippen LogP contribution is -2.26. The molecule has 0 atom stereocenters. The van der Waals surface area contributed by atoms with E-state index in [0.29, 0.717) is 0 Å². The second kappa shape index (κ2) is 5.53. The largest absolute Gasteiger partial charge is 0.395 e. The fraction of sp³-hybridized carbons (Fsp3) is 0.800. The molecule has 0 saturated heterocycles. The molecule has 1 radical (unpaired) electrons. The lowest BCUT2D eigenvalue weighted by atomic mass is 10.4. The number of carbonyl (C=O) groups is 1. The van der Waals surface area contributed by atoms with E-state index in [9.17, 15) is 9.90 Å². The van der Waals surface area contributed by atoms with Gasteiger partial charge in [-0.3, -0.25) is 4.79 Å². The molecule has 0 aromatic heterocycles. The fourth-order valence-electron chi connectivity index (χ4n) is 0.376. The van der Waals surface area contributed by atoms with Gasteiger partial charge in [-0.05, 0) is 0 Å². The maximum absolute atomic E-state index is 10.4. The molecular weight excluding hydrogens is 122 g/mol. The molecule has 0 aromatic rings. The standard InChI is InChI=1S/C5H10NO3/c7-3-1-5(9)6-2-4-8/h8H,1-4H2,(H,6,9). The first-order chi connectivity index (χ1) is 4.31. The van der Waals surface area contributed by atoms with Crippen molar-refractivity contribution in [3.05, 3.63) is 0 Å². The third-order valence-electron chi connectivity index (χ3n) is 0.763. The summed E-state index contributed by atoms with van der Waals surface area (Å²) in [6.45, 7) is -0.235. The number of carbonyl (C=O) groups excluding carboxylic acids is 1. The molecule has 0 rings (SSSR count). The van der Waals surface area contributed by atoms with E-state index in [4.69, 9.17) is 5.11 Å². The van der Waals surface area contributed by atoms with Gasteiger partial charge in [0, 0.05) is 6.54 Å². The normalized spacial score (nSPS) is 9.11. The average molecular weight is 132 g/mol. The number of hydrogen-bond acceptors (Lipinski definition) is 2. The first-order valence-electron chi connectivity index (χ1n) is 2.77. The summed E-state index contributed by atoms with van der Waals surface area (Å²) in [6, 6.07) is 0. The van der Waals surface area contributed by atoms with Crippen LogP contribution in [0.2, 0.25) is 0 Å². The first kappa shape index (κ1) is 8.39. The van der Waals surface area contributed by atoms with Crippen molar-refractivity contribution in [2.24, 2.45) is 0 Å². The quantitative estimate of drug-likeness (QED) is 0.510. The number of hydrogen-bond donors (Lipinski definition) is 2. The molecule has 0 fully saturated rings. The van der Waals surface area contributed by atoms with Crippen LogP contribution in [0.5, 0.6) is 0 Å². The Kier molecular flexibility index (Phi) is 5.15. The number of amides is 1. The van der Waals surface area contributed by atoms with Crippen molar-refractivity contribution in [2.45, 2.75) is 6.42 Å². The SMILES string of the molecule is [O]CCC(=O)NCCO. The van der Waals surface area contributed by atoms with E-state index >= 15 is 0 Å². The molecule has 0 spiro atoms. The summed E-state index contributed by atoms with van der Waals surface area (Å²) in [5, 5.41) is 20.3. The lowest BCUT2D eigenvalue weighted by molar-refractivity contribution is -0.122. The van der Waals surface area contributed by atoms with E-state index in [1.54, 1.807) is 0 Å². The molecule has 0 unspecified atom stereocenters. The third-order valence-corrected chi connectivity index (χ3v) is 0.763. The molecule has 2 N–H and O–H groups in total. The fourth-order valence-corrected chi connectivity index (χ4v) is 0.376. The van der Waals surface area contributed by atoms with Gasteiger partial charge in [0.25, 0.3) is 0 Å². The Morgan fingerprint density at radius 1 is 1.56 bits per heavy atom. The maximum Gasteiger partial charge on any atom is 0.222 e. The molecular formula is C5H10NO3. The van der Waals surface area contributed by atoms with Crippen LogP contribution in [0.3, 0.4) is 0 Å². The Bertz CT molecular complexity index is 84.3. The Hall–Kier alpha value is -0.610. The van der Waals surface area contributed by atoms with E-state index in [1.165, 1.54) is 0 Å². The van der Waals surface area contributed by atoms with Crippen LogP contribution < -0.4 is 5.32 Å². The molecule has 0 aliphatic rings. The van der Waals surface area contributed by atoms with E-state index < -0.39 is 6.61 Å². The second-order valence-corrected chi connectivity index (χ2v) is 1.53. The first-order valence-corrected chi connectivity index (χ1v) is 2.77. The molecule has 0 aromatic carbocycles. The summed E-state index contributed by atoms with van der Waals surface area (Å²) in [6.07, 6.45) is -0.000000000000000222. The summed E-state index contributed by atoms with van der Waals surface area (Å²) >= 11 is 0. The minimum absolute atomic E-state index is 0.000000000000000222. The average Bonchev–Trinajstić information content (AvgIpc) is 1.85. The van der Waals surface area contributed by atoms with Crippen LogP contribution in [0.25, 0.3) is 0 Å².